The number of nitrogens with two attached hydrogens (primary N) is 1. The highest BCUT2D eigenvalue weighted by Gasteiger charge is 2.09. The van der Waals surface area contributed by atoms with Crippen molar-refractivity contribution in [1.82, 2.24) is 4.98 Å². The van der Waals surface area contributed by atoms with Crippen LogP contribution in [0.5, 0.6) is 5.75 Å². The molecule has 2 rings (SSSR count). The summed E-state index contributed by atoms with van der Waals surface area (Å²) in [5.41, 5.74) is 5.38. The number of anilines is 1. The second kappa shape index (κ2) is 6.79. The molecule has 1 saturated carbocycles. The Morgan fingerprint density at radius 1 is 1.62 bits per heavy atom. The van der Waals surface area contributed by atoms with E-state index in [1.807, 2.05) is 0 Å². The predicted molar refractivity (Wildman–Crippen MR) is 62.3 cm³/mol. The van der Waals surface area contributed by atoms with Crippen LogP contribution in [0.15, 0.2) is 18.3 Å². The Morgan fingerprint density at radius 2 is 2.31 bits per heavy atom. The third-order valence-electron chi connectivity index (χ3n) is 2.34. The Balaban J connectivity index is 0.000000212. The summed E-state index contributed by atoms with van der Waals surface area (Å²) in [4.78, 5) is 13.9. The molecule has 1 fully saturated rings. The van der Waals surface area contributed by atoms with Crippen molar-refractivity contribution in [2.45, 2.75) is 25.3 Å². The molecule has 0 unspecified atom stereocenters. The van der Waals surface area contributed by atoms with Crippen molar-refractivity contribution in [3.8, 4) is 5.75 Å². The molecular formula is C11H17N3O2. The van der Waals surface area contributed by atoms with Crippen molar-refractivity contribution >= 4 is 12.2 Å². The maximum atomic E-state index is 10.0. The molecule has 5 heteroatoms. The topological polar surface area (TPSA) is 77.2 Å². The van der Waals surface area contributed by atoms with Gasteiger partial charge in [0.15, 0.2) is 11.6 Å². The lowest BCUT2D eigenvalue weighted by molar-refractivity contribution is -0.105. The Hall–Kier alpha value is -1.62. The first-order valence-electron chi connectivity index (χ1n) is 5.22. The van der Waals surface area contributed by atoms with Crippen LogP contribution in [-0.4, -0.2) is 24.5 Å². The normalized spacial score (nSPS) is 14.1. The van der Waals surface area contributed by atoms with Crippen LogP contribution in [0, 0.1) is 0 Å². The highest BCUT2D eigenvalue weighted by atomic mass is 16.5. The molecule has 1 aliphatic carbocycles. The second-order valence-corrected chi connectivity index (χ2v) is 3.51. The van der Waals surface area contributed by atoms with Crippen molar-refractivity contribution in [3.63, 3.8) is 0 Å². The number of ether oxygens (including phenoxy) is 1. The minimum Gasteiger partial charge on any atom is -0.493 e. The zero-order valence-electron chi connectivity index (χ0n) is 9.35. The van der Waals surface area contributed by atoms with Crippen molar-refractivity contribution in [2.24, 2.45) is 5.73 Å². The van der Waals surface area contributed by atoms with Gasteiger partial charge in [0.05, 0.1) is 7.11 Å². The third-order valence-corrected chi connectivity index (χ3v) is 2.34. The number of hydrogen-bond donors (Lipinski definition) is 2. The van der Waals surface area contributed by atoms with E-state index in [9.17, 15) is 4.79 Å². The number of carbonyl (C=O) groups excluding carboxylic acids is 1. The van der Waals surface area contributed by atoms with E-state index in [2.05, 4.69) is 10.3 Å². The van der Waals surface area contributed by atoms with Gasteiger partial charge in [0.25, 0.3) is 0 Å². The number of pyridine rings is 1. The van der Waals surface area contributed by atoms with Crippen LogP contribution < -0.4 is 15.8 Å². The van der Waals surface area contributed by atoms with Crippen LogP contribution in [0.2, 0.25) is 0 Å². The second-order valence-electron chi connectivity index (χ2n) is 3.51. The van der Waals surface area contributed by atoms with Gasteiger partial charge in [-0.25, -0.2) is 4.98 Å². The Morgan fingerprint density at radius 3 is 2.75 bits per heavy atom. The zero-order valence-corrected chi connectivity index (χ0v) is 9.35. The van der Waals surface area contributed by atoms with Crippen LogP contribution in [-0.2, 0) is 4.79 Å². The molecule has 16 heavy (non-hydrogen) atoms. The van der Waals surface area contributed by atoms with Crippen LogP contribution in [0.4, 0.5) is 5.82 Å². The number of methoxy groups -OCH3 is 1. The highest BCUT2D eigenvalue weighted by molar-refractivity contribution is 5.72. The van der Waals surface area contributed by atoms with Crippen LogP contribution in [0.1, 0.15) is 19.3 Å². The first-order valence-corrected chi connectivity index (χ1v) is 5.22. The molecule has 1 aromatic heterocycles. The van der Waals surface area contributed by atoms with E-state index in [0.29, 0.717) is 24.0 Å². The molecule has 1 aliphatic rings. The van der Waals surface area contributed by atoms with E-state index >= 15 is 0 Å². The Labute approximate surface area is 95.0 Å². The predicted octanol–water partition coefficient (Wildman–Crippen LogP) is 1.16. The average Bonchev–Trinajstić information content (AvgIpc) is 2.28. The summed E-state index contributed by atoms with van der Waals surface area (Å²) >= 11 is 0. The molecule has 3 N–H and O–H groups in total. The lowest BCUT2D eigenvalue weighted by atomic mass is 9.95. The van der Waals surface area contributed by atoms with Crippen molar-refractivity contribution in [3.05, 3.63) is 18.3 Å². The zero-order chi connectivity index (χ0) is 11.8. The molecule has 0 atom stereocenters. The van der Waals surface area contributed by atoms with Gasteiger partial charge in [-0.1, -0.05) is 6.42 Å². The molecule has 1 amide bonds. The summed E-state index contributed by atoms with van der Waals surface area (Å²) in [5, 5.41) is 2.41. The smallest absolute Gasteiger partial charge is 0.212 e. The molecule has 5 nitrogen and oxygen atoms in total. The fraction of sp³-hybridized carbons (Fsp3) is 0.455. The molecule has 0 saturated heterocycles. The van der Waals surface area contributed by atoms with Gasteiger partial charge in [0, 0.05) is 12.2 Å². The van der Waals surface area contributed by atoms with Gasteiger partial charge in [-0.2, -0.15) is 0 Å². The summed E-state index contributed by atoms with van der Waals surface area (Å²) in [6.07, 6.45) is 6.03. The minimum atomic E-state index is 0.435. The van der Waals surface area contributed by atoms with Gasteiger partial charge in [0.2, 0.25) is 6.41 Å². The van der Waals surface area contributed by atoms with Gasteiger partial charge in [-0.3, -0.25) is 4.79 Å². The van der Waals surface area contributed by atoms with E-state index < -0.39 is 0 Å². The molecule has 1 heterocycles. The highest BCUT2D eigenvalue weighted by Crippen LogP contribution is 2.18. The number of hydrogen-bond acceptors (Lipinski definition) is 4. The number of rotatable bonds is 3. The van der Waals surface area contributed by atoms with Gasteiger partial charge >= 0.3 is 0 Å². The quantitative estimate of drug-likeness (QED) is 0.754. The minimum absolute atomic E-state index is 0.435. The fourth-order valence-electron chi connectivity index (χ4n) is 1.16. The third kappa shape index (κ3) is 3.86. The van der Waals surface area contributed by atoms with E-state index in [1.54, 1.807) is 18.3 Å². The van der Waals surface area contributed by atoms with Gasteiger partial charge in [-0.05, 0) is 25.0 Å². The van der Waals surface area contributed by atoms with Crippen LogP contribution in [0.25, 0.3) is 0 Å². The summed E-state index contributed by atoms with van der Waals surface area (Å²) in [5.74, 6) is 0.990. The van der Waals surface area contributed by atoms with Gasteiger partial charge in [-0.15, -0.1) is 0 Å². The van der Waals surface area contributed by atoms with Crippen molar-refractivity contribution in [2.75, 3.05) is 12.4 Å². The lowest BCUT2D eigenvalue weighted by Gasteiger charge is -2.18. The Kier molecular flexibility index (Phi) is 5.28. The molecule has 88 valence electrons. The molecule has 0 radical (unpaired) electrons. The van der Waals surface area contributed by atoms with Crippen LogP contribution in [0.3, 0.4) is 0 Å². The molecule has 0 bridgehead atoms. The molecule has 0 spiro atoms. The largest absolute Gasteiger partial charge is 0.493 e. The maximum absolute atomic E-state index is 10.0. The monoisotopic (exact) mass is 223 g/mol. The van der Waals surface area contributed by atoms with Gasteiger partial charge < -0.3 is 15.8 Å². The maximum Gasteiger partial charge on any atom is 0.212 e. The van der Waals surface area contributed by atoms with Crippen LogP contribution >= 0.6 is 0 Å². The molecule has 1 aromatic rings. The summed E-state index contributed by atoms with van der Waals surface area (Å²) in [7, 11) is 1.52. The number of carbonyl (C=O) groups is 1. The Bertz CT molecular complexity index is 327. The van der Waals surface area contributed by atoms with Crippen molar-refractivity contribution < 1.29 is 9.53 Å². The molecular weight excluding hydrogens is 206 g/mol. The molecule has 0 aliphatic heterocycles. The standard InChI is InChI=1S/C7H8N2O2.C4H9N/c1-11-6-3-2-4-8-7(6)9-5-10;5-4-2-1-3-4/h2-5H,1H3,(H,8,9,10);4H,1-3,5H2. The summed E-state index contributed by atoms with van der Waals surface area (Å²) in [6.45, 7) is 0. The van der Waals surface area contributed by atoms with Gasteiger partial charge in [0.1, 0.15) is 0 Å². The SMILES string of the molecule is COc1cccnc1NC=O.NC1CCC1. The van der Waals surface area contributed by atoms with E-state index in [-0.39, 0.29) is 0 Å². The molecule has 0 aromatic carbocycles. The first kappa shape index (κ1) is 12.4. The van der Waals surface area contributed by atoms with E-state index in [0.717, 1.165) is 0 Å². The number of aromatic nitrogens is 1. The lowest BCUT2D eigenvalue weighted by Crippen LogP contribution is -2.27. The summed E-state index contributed by atoms with van der Waals surface area (Å²) < 4.78 is 4.91. The van der Waals surface area contributed by atoms with E-state index in [1.165, 1.54) is 26.4 Å². The average molecular weight is 223 g/mol. The first-order chi connectivity index (χ1) is 7.77. The summed E-state index contributed by atoms with van der Waals surface area (Å²) in [6, 6.07) is 4.02. The number of nitrogens with zero attached hydrogens (tertiary/aromatic N) is 1. The number of nitrogens with one attached hydrogen (secondary N) is 1. The van der Waals surface area contributed by atoms with Crippen molar-refractivity contribution in [1.29, 1.82) is 0 Å². The fourth-order valence-corrected chi connectivity index (χ4v) is 1.16. The van der Waals surface area contributed by atoms with E-state index in [4.69, 9.17) is 10.5 Å². The number of amides is 1.